The van der Waals surface area contributed by atoms with Gasteiger partial charge >= 0.3 is 0 Å². The first-order chi connectivity index (χ1) is 11.6. The summed E-state index contributed by atoms with van der Waals surface area (Å²) < 4.78 is 5.24. The van der Waals surface area contributed by atoms with Crippen LogP contribution in [0.2, 0.25) is 0 Å². The zero-order valence-corrected chi connectivity index (χ0v) is 14.2. The summed E-state index contributed by atoms with van der Waals surface area (Å²) in [4.78, 5) is 26.3. The molecule has 0 spiro atoms. The van der Waals surface area contributed by atoms with Gasteiger partial charge in [-0.2, -0.15) is 0 Å². The zero-order chi connectivity index (χ0) is 17.1. The van der Waals surface area contributed by atoms with Gasteiger partial charge in [0, 0.05) is 37.5 Å². The number of likely N-dealkylation sites (tertiary alicyclic amines) is 1. The highest BCUT2D eigenvalue weighted by molar-refractivity contribution is 5.92. The number of carbonyl (C=O) groups is 2. The summed E-state index contributed by atoms with van der Waals surface area (Å²) in [5.41, 5.74) is 5.81. The van der Waals surface area contributed by atoms with Gasteiger partial charge in [0.05, 0.1) is 0 Å². The Balaban J connectivity index is 1.50. The van der Waals surface area contributed by atoms with E-state index in [2.05, 4.69) is 17.4 Å². The van der Waals surface area contributed by atoms with E-state index in [0.29, 0.717) is 37.7 Å². The third kappa shape index (κ3) is 3.95. The van der Waals surface area contributed by atoms with Gasteiger partial charge < -0.3 is 20.5 Å². The fraction of sp³-hybridized carbons (Fsp3) is 0.706. The second-order valence-electron chi connectivity index (χ2n) is 6.97. The van der Waals surface area contributed by atoms with Crippen LogP contribution in [0.3, 0.4) is 0 Å². The zero-order valence-electron chi connectivity index (χ0n) is 14.2. The van der Waals surface area contributed by atoms with Crippen LogP contribution in [-0.2, 0) is 4.79 Å². The number of amides is 2. The van der Waals surface area contributed by atoms with Gasteiger partial charge in [0.1, 0.15) is 5.76 Å². The van der Waals surface area contributed by atoms with Gasteiger partial charge in [-0.3, -0.25) is 9.59 Å². The largest absolute Gasteiger partial charge is 0.360 e. The maximum atomic E-state index is 12.3. The number of aromatic nitrogens is 1. The number of rotatable bonds is 6. The summed E-state index contributed by atoms with van der Waals surface area (Å²) in [6.07, 6.45) is 4.21. The van der Waals surface area contributed by atoms with Gasteiger partial charge in [-0.1, -0.05) is 12.1 Å². The maximum absolute atomic E-state index is 12.3. The van der Waals surface area contributed by atoms with Gasteiger partial charge in [0.15, 0.2) is 5.69 Å². The minimum Gasteiger partial charge on any atom is -0.360 e. The summed E-state index contributed by atoms with van der Waals surface area (Å²) in [5, 5.41) is 6.92. The first kappa shape index (κ1) is 17.0. The highest BCUT2D eigenvalue weighted by atomic mass is 16.5. The Hall–Kier alpha value is -1.89. The van der Waals surface area contributed by atoms with Gasteiger partial charge in [-0.15, -0.1) is 0 Å². The molecule has 7 heteroatoms. The number of hydrogen-bond donors (Lipinski definition) is 2. The van der Waals surface area contributed by atoms with Crippen molar-refractivity contribution in [2.75, 3.05) is 19.6 Å². The molecule has 2 amide bonds. The third-order valence-electron chi connectivity index (χ3n) is 4.91. The predicted molar refractivity (Wildman–Crippen MR) is 88.4 cm³/mol. The fourth-order valence-electron chi connectivity index (χ4n) is 3.20. The van der Waals surface area contributed by atoms with E-state index in [9.17, 15) is 9.59 Å². The molecule has 0 aromatic carbocycles. The molecule has 2 aliphatic rings. The lowest BCUT2D eigenvalue weighted by molar-refractivity contribution is -0.133. The first-order valence-corrected chi connectivity index (χ1v) is 8.83. The number of piperidine rings is 1. The lowest BCUT2D eigenvalue weighted by Gasteiger charge is -2.37. The van der Waals surface area contributed by atoms with Crippen molar-refractivity contribution in [1.82, 2.24) is 15.4 Å². The van der Waals surface area contributed by atoms with Crippen molar-refractivity contribution < 1.29 is 14.1 Å². The Kier molecular flexibility index (Phi) is 5.18. The van der Waals surface area contributed by atoms with Gasteiger partial charge in [-0.05, 0) is 38.1 Å². The van der Waals surface area contributed by atoms with Crippen molar-refractivity contribution >= 4 is 11.8 Å². The van der Waals surface area contributed by atoms with Crippen LogP contribution in [0.15, 0.2) is 10.6 Å². The second-order valence-corrected chi connectivity index (χ2v) is 6.97. The van der Waals surface area contributed by atoms with E-state index in [1.807, 2.05) is 4.90 Å². The summed E-state index contributed by atoms with van der Waals surface area (Å²) in [5.74, 6) is 1.43. The average Bonchev–Trinajstić information content (AvgIpc) is 3.31. The minimum absolute atomic E-state index is 0.0529. The van der Waals surface area contributed by atoms with Crippen LogP contribution in [0.25, 0.3) is 0 Å². The molecule has 0 unspecified atom stereocenters. The van der Waals surface area contributed by atoms with Crippen molar-refractivity contribution in [3.63, 3.8) is 0 Å². The van der Waals surface area contributed by atoms with Crippen molar-refractivity contribution in [2.45, 2.75) is 51.0 Å². The molecule has 1 aliphatic heterocycles. The molecule has 0 radical (unpaired) electrons. The molecule has 3 rings (SSSR count). The van der Waals surface area contributed by atoms with Gasteiger partial charge in [-0.25, -0.2) is 0 Å². The van der Waals surface area contributed by atoms with Crippen LogP contribution in [-0.4, -0.2) is 47.5 Å². The minimum atomic E-state index is -0.189. The summed E-state index contributed by atoms with van der Waals surface area (Å²) in [6, 6.07) is 1.81. The molecule has 3 N–H and O–H groups in total. The van der Waals surface area contributed by atoms with E-state index < -0.39 is 0 Å². The summed E-state index contributed by atoms with van der Waals surface area (Å²) in [6.45, 7) is 3.94. The molecule has 2 fully saturated rings. The monoisotopic (exact) mass is 334 g/mol. The molecule has 24 heavy (non-hydrogen) atoms. The molecule has 1 aromatic heterocycles. The lowest BCUT2D eigenvalue weighted by Crippen LogP contribution is -2.51. The number of hydrogen-bond acceptors (Lipinski definition) is 5. The molecular weight excluding hydrogens is 308 g/mol. The second kappa shape index (κ2) is 7.34. The highest BCUT2D eigenvalue weighted by Crippen LogP contribution is 2.40. The molecule has 1 saturated heterocycles. The van der Waals surface area contributed by atoms with Crippen LogP contribution in [0.4, 0.5) is 0 Å². The first-order valence-electron chi connectivity index (χ1n) is 8.83. The van der Waals surface area contributed by atoms with Crippen LogP contribution < -0.4 is 11.1 Å². The van der Waals surface area contributed by atoms with E-state index in [-0.39, 0.29) is 23.8 Å². The molecule has 1 aliphatic carbocycles. The van der Waals surface area contributed by atoms with Crippen molar-refractivity contribution in [1.29, 1.82) is 0 Å². The standard InChI is InChI=1S/C17H26N4O3/c1-11-10-21(16(22)3-2-7-18)8-6-13(11)19-17(23)14-9-15(24-20-14)12-4-5-12/h9,11-13H,2-8,10,18H2,1H3,(H,19,23)/t11-,13+/m1/s1. The third-order valence-corrected chi connectivity index (χ3v) is 4.91. The van der Waals surface area contributed by atoms with Gasteiger partial charge in [0.2, 0.25) is 5.91 Å². The quantitative estimate of drug-likeness (QED) is 0.815. The maximum Gasteiger partial charge on any atom is 0.273 e. The molecule has 2 atom stereocenters. The Bertz CT molecular complexity index is 596. The van der Waals surface area contributed by atoms with E-state index >= 15 is 0 Å². The fourth-order valence-corrected chi connectivity index (χ4v) is 3.20. The molecule has 7 nitrogen and oxygen atoms in total. The molecule has 1 saturated carbocycles. The molecule has 2 heterocycles. The van der Waals surface area contributed by atoms with Crippen molar-refractivity contribution in [3.8, 4) is 0 Å². The Morgan fingerprint density at radius 2 is 2.21 bits per heavy atom. The molecular formula is C17H26N4O3. The van der Waals surface area contributed by atoms with Crippen LogP contribution in [0.5, 0.6) is 0 Å². The lowest BCUT2D eigenvalue weighted by atomic mass is 9.93. The van der Waals surface area contributed by atoms with Crippen molar-refractivity contribution in [3.05, 3.63) is 17.5 Å². The number of nitrogens with two attached hydrogens (primary N) is 1. The van der Waals surface area contributed by atoms with E-state index in [4.69, 9.17) is 10.3 Å². The Morgan fingerprint density at radius 3 is 2.88 bits per heavy atom. The topological polar surface area (TPSA) is 101 Å². The van der Waals surface area contributed by atoms with Gasteiger partial charge in [0.25, 0.3) is 5.91 Å². The summed E-state index contributed by atoms with van der Waals surface area (Å²) >= 11 is 0. The Labute approximate surface area is 141 Å². The highest BCUT2D eigenvalue weighted by Gasteiger charge is 2.32. The van der Waals surface area contributed by atoms with Crippen LogP contribution >= 0.6 is 0 Å². The predicted octanol–water partition coefficient (Wildman–Crippen LogP) is 1.26. The molecule has 1 aromatic rings. The van der Waals surface area contributed by atoms with Crippen LogP contribution in [0.1, 0.15) is 61.2 Å². The molecule has 132 valence electrons. The normalized spacial score (nSPS) is 24.0. The van der Waals surface area contributed by atoms with Crippen LogP contribution in [0, 0.1) is 5.92 Å². The summed E-state index contributed by atoms with van der Waals surface area (Å²) in [7, 11) is 0. The van der Waals surface area contributed by atoms with Crippen molar-refractivity contribution in [2.24, 2.45) is 11.7 Å². The smallest absolute Gasteiger partial charge is 0.273 e. The van der Waals surface area contributed by atoms with E-state index in [0.717, 1.165) is 31.4 Å². The number of nitrogens with zero attached hydrogens (tertiary/aromatic N) is 2. The number of carbonyl (C=O) groups excluding carboxylic acids is 2. The SMILES string of the molecule is C[C@@H]1CN(C(=O)CCCN)CC[C@@H]1NC(=O)c1cc(C2CC2)on1. The average molecular weight is 334 g/mol. The molecule has 0 bridgehead atoms. The Morgan fingerprint density at radius 1 is 1.42 bits per heavy atom. The van der Waals surface area contributed by atoms with E-state index in [1.54, 1.807) is 6.07 Å². The number of nitrogens with one attached hydrogen (secondary N) is 1. The van der Waals surface area contributed by atoms with E-state index in [1.165, 1.54) is 0 Å².